The number of likely N-dealkylation sites (tertiary alicyclic amines) is 1. The molecule has 0 bridgehead atoms. The van der Waals surface area contributed by atoms with E-state index in [1.807, 2.05) is 11.8 Å². The van der Waals surface area contributed by atoms with Gasteiger partial charge in [-0.15, -0.1) is 0 Å². The number of benzene rings is 1. The quantitative estimate of drug-likeness (QED) is 0.859. The van der Waals surface area contributed by atoms with Crippen LogP contribution >= 0.6 is 0 Å². The molecule has 132 valence electrons. The van der Waals surface area contributed by atoms with Crippen molar-refractivity contribution < 1.29 is 9.53 Å². The highest BCUT2D eigenvalue weighted by Gasteiger charge is 2.33. The second-order valence-electron chi connectivity index (χ2n) is 6.70. The van der Waals surface area contributed by atoms with E-state index in [0.29, 0.717) is 23.9 Å². The van der Waals surface area contributed by atoms with Gasteiger partial charge < -0.3 is 9.64 Å². The highest BCUT2D eigenvalue weighted by molar-refractivity contribution is 5.93. The van der Waals surface area contributed by atoms with Crippen LogP contribution in [-0.4, -0.2) is 47.1 Å². The third-order valence-corrected chi connectivity index (χ3v) is 5.11. The van der Waals surface area contributed by atoms with Gasteiger partial charge in [0, 0.05) is 32.6 Å². The predicted octanol–water partition coefficient (Wildman–Crippen LogP) is 2.81. The van der Waals surface area contributed by atoms with Crippen LogP contribution < -0.4 is 0 Å². The largest absolute Gasteiger partial charge is 0.379 e. The third kappa shape index (κ3) is 3.87. The number of aromatic nitrogens is 2. The molecule has 1 aliphatic heterocycles. The van der Waals surface area contributed by atoms with E-state index >= 15 is 0 Å². The molecule has 2 heterocycles. The van der Waals surface area contributed by atoms with E-state index in [4.69, 9.17) is 4.74 Å². The van der Waals surface area contributed by atoms with Gasteiger partial charge in [0.1, 0.15) is 5.69 Å². The maximum absolute atomic E-state index is 12.8. The topological polar surface area (TPSA) is 55.3 Å². The molecule has 2 aromatic rings. The van der Waals surface area contributed by atoms with E-state index in [1.54, 1.807) is 19.5 Å². The second-order valence-corrected chi connectivity index (χ2v) is 6.70. The summed E-state index contributed by atoms with van der Waals surface area (Å²) in [4.78, 5) is 23.0. The summed E-state index contributed by atoms with van der Waals surface area (Å²) in [5.74, 6) is 0.361. The summed E-state index contributed by atoms with van der Waals surface area (Å²) >= 11 is 0. The van der Waals surface area contributed by atoms with Crippen molar-refractivity contribution >= 4 is 5.91 Å². The Balaban J connectivity index is 1.70. The van der Waals surface area contributed by atoms with Gasteiger partial charge in [0.15, 0.2) is 0 Å². The zero-order chi connectivity index (χ0) is 17.8. The fourth-order valence-electron chi connectivity index (χ4n) is 3.54. The number of methoxy groups -OCH3 is 1. The molecular formula is C20H25N3O2. The first-order valence-corrected chi connectivity index (χ1v) is 8.74. The van der Waals surface area contributed by atoms with Gasteiger partial charge in [0.05, 0.1) is 11.8 Å². The van der Waals surface area contributed by atoms with Gasteiger partial charge in [0.2, 0.25) is 0 Å². The number of carbonyl (C=O) groups is 1. The first kappa shape index (κ1) is 17.5. The zero-order valence-electron chi connectivity index (χ0n) is 15.1. The predicted molar refractivity (Wildman–Crippen MR) is 96.5 cm³/mol. The summed E-state index contributed by atoms with van der Waals surface area (Å²) in [6.07, 6.45) is 5.13. The molecule has 0 aliphatic carbocycles. The maximum Gasteiger partial charge on any atom is 0.274 e. The third-order valence-electron chi connectivity index (χ3n) is 5.11. The van der Waals surface area contributed by atoms with Crippen molar-refractivity contribution in [3.05, 3.63) is 59.2 Å². The minimum atomic E-state index is -0.0537. The lowest BCUT2D eigenvalue weighted by molar-refractivity contribution is -0.00724. The molecule has 1 saturated heterocycles. The van der Waals surface area contributed by atoms with Crippen molar-refractivity contribution in [3.8, 4) is 0 Å². The molecule has 5 heteroatoms. The molecule has 5 nitrogen and oxygen atoms in total. The molecule has 0 saturated carbocycles. The number of amides is 1. The molecule has 0 spiro atoms. The van der Waals surface area contributed by atoms with Gasteiger partial charge in [0.25, 0.3) is 5.91 Å². The lowest BCUT2D eigenvalue weighted by Crippen LogP contribution is -2.48. The number of carbonyl (C=O) groups excluding carboxylic acids is 1. The van der Waals surface area contributed by atoms with E-state index in [0.717, 1.165) is 19.4 Å². The summed E-state index contributed by atoms with van der Waals surface area (Å²) < 4.78 is 5.73. The van der Waals surface area contributed by atoms with Crippen LogP contribution in [0, 0.1) is 19.8 Å². The van der Waals surface area contributed by atoms with Gasteiger partial charge in [-0.05, 0) is 43.7 Å². The van der Waals surface area contributed by atoms with E-state index < -0.39 is 0 Å². The first-order chi connectivity index (χ1) is 12.1. The van der Waals surface area contributed by atoms with Gasteiger partial charge >= 0.3 is 0 Å². The summed E-state index contributed by atoms with van der Waals surface area (Å²) in [6, 6.07) is 8.48. The lowest BCUT2D eigenvalue weighted by Gasteiger charge is -2.38. The van der Waals surface area contributed by atoms with Gasteiger partial charge in [-0.3, -0.25) is 9.78 Å². The van der Waals surface area contributed by atoms with Crippen LogP contribution in [0.15, 0.2) is 36.7 Å². The number of aryl methyl sites for hydroxylation is 2. The molecule has 0 radical (unpaired) electrons. The highest BCUT2D eigenvalue weighted by atomic mass is 16.5. The Kier molecular flexibility index (Phi) is 5.43. The van der Waals surface area contributed by atoms with Crippen molar-refractivity contribution in [2.75, 3.05) is 20.2 Å². The van der Waals surface area contributed by atoms with Crippen LogP contribution in [-0.2, 0) is 11.2 Å². The Morgan fingerprint density at radius 1 is 1.24 bits per heavy atom. The SMILES string of the molecule is CO[C@@H]1CN(C(=O)c2nccnc2C)CC[C@@H]1Cc1ccccc1C. The summed E-state index contributed by atoms with van der Waals surface area (Å²) in [5, 5.41) is 0. The number of ether oxygens (including phenoxy) is 1. The Morgan fingerprint density at radius 3 is 2.72 bits per heavy atom. The van der Waals surface area contributed by atoms with Crippen LogP contribution in [0.1, 0.15) is 33.7 Å². The molecule has 3 rings (SSSR count). The second kappa shape index (κ2) is 7.74. The Labute approximate surface area is 149 Å². The molecule has 2 atom stereocenters. The number of hydrogen-bond acceptors (Lipinski definition) is 4. The van der Waals surface area contributed by atoms with E-state index in [1.165, 1.54) is 11.1 Å². The summed E-state index contributed by atoms with van der Waals surface area (Å²) in [6.45, 7) is 5.29. The van der Waals surface area contributed by atoms with Crippen molar-refractivity contribution in [1.29, 1.82) is 0 Å². The Bertz CT molecular complexity index is 747. The fraction of sp³-hybridized carbons (Fsp3) is 0.450. The van der Waals surface area contributed by atoms with E-state index in [-0.39, 0.29) is 12.0 Å². The van der Waals surface area contributed by atoms with Crippen molar-refractivity contribution in [1.82, 2.24) is 14.9 Å². The number of rotatable bonds is 4. The fourth-order valence-corrected chi connectivity index (χ4v) is 3.54. The lowest BCUT2D eigenvalue weighted by atomic mass is 9.86. The minimum Gasteiger partial charge on any atom is -0.379 e. The molecule has 0 N–H and O–H groups in total. The van der Waals surface area contributed by atoms with Crippen LogP contribution in [0.5, 0.6) is 0 Å². The molecule has 1 aliphatic rings. The summed E-state index contributed by atoms with van der Waals surface area (Å²) in [7, 11) is 1.73. The molecule has 1 aromatic heterocycles. The summed E-state index contributed by atoms with van der Waals surface area (Å²) in [5.41, 5.74) is 3.78. The average molecular weight is 339 g/mol. The number of piperidine rings is 1. The number of hydrogen-bond donors (Lipinski definition) is 0. The van der Waals surface area contributed by atoms with Crippen LogP contribution in [0.4, 0.5) is 0 Å². The van der Waals surface area contributed by atoms with Crippen LogP contribution in [0.2, 0.25) is 0 Å². The molecule has 0 unspecified atom stereocenters. The first-order valence-electron chi connectivity index (χ1n) is 8.74. The molecule has 1 amide bonds. The van der Waals surface area contributed by atoms with Gasteiger partial charge in [-0.2, -0.15) is 0 Å². The molecule has 1 fully saturated rings. The van der Waals surface area contributed by atoms with Gasteiger partial charge in [-0.1, -0.05) is 24.3 Å². The van der Waals surface area contributed by atoms with Crippen LogP contribution in [0.25, 0.3) is 0 Å². The number of nitrogens with zero attached hydrogens (tertiary/aromatic N) is 3. The Hall–Kier alpha value is -2.27. The molecular weight excluding hydrogens is 314 g/mol. The molecule has 1 aromatic carbocycles. The van der Waals surface area contributed by atoms with Crippen molar-refractivity contribution in [2.24, 2.45) is 5.92 Å². The molecule has 25 heavy (non-hydrogen) atoms. The van der Waals surface area contributed by atoms with Crippen LogP contribution in [0.3, 0.4) is 0 Å². The van der Waals surface area contributed by atoms with Crippen molar-refractivity contribution in [3.63, 3.8) is 0 Å². The zero-order valence-corrected chi connectivity index (χ0v) is 15.1. The standard InChI is InChI=1S/C20H25N3O2/c1-14-6-4-5-7-16(14)12-17-8-11-23(13-18(17)25-3)20(24)19-15(2)21-9-10-22-19/h4-7,9-10,17-18H,8,11-13H2,1-3H3/t17-,18-/m1/s1. The minimum absolute atomic E-state index is 0.0364. The smallest absolute Gasteiger partial charge is 0.274 e. The van der Waals surface area contributed by atoms with E-state index in [2.05, 4.69) is 41.2 Å². The Morgan fingerprint density at radius 2 is 2.00 bits per heavy atom. The average Bonchev–Trinajstić information content (AvgIpc) is 2.63. The monoisotopic (exact) mass is 339 g/mol. The van der Waals surface area contributed by atoms with Gasteiger partial charge in [-0.25, -0.2) is 4.98 Å². The van der Waals surface area contributed by atoms with E-state index in [9.17, 15) is 4.79 Å². The highest BCUT2D eigenvalue weighted by Crippen LogP contribution is 2.26. The maximum atomic E-state index is 12.8. The normalized spacial score (nSPS) is 20.5. The van der Waals surface area contributed by atoms with Crippen molar-refractivity contribution in [2.45, 2.75) is 32.8 Å².